The van der Waals surface area contributed by atoms with Gasteiger partial charge in [-0.05, 0) is 65.0 Å². The Hall–Kier alpha value is -3.79. The number of anilines is 1. The van der Waals surface area contributed by atoms with Crippen molar-refractivity contribution in [2.75, 3.05) is 11.8 Å². The summed E-state index contributed by atoms with van der Waals surface area (Å²) in [6.07, 6.45) is 0. The van der Waals surface area contributed by atoms with E-state index < -0.39 is 21.3 Å². The fourth-order valence-corrected chi connectivity index (χ4v) is 4.02. The van der Waals surface area contributed by atoms with Crippen LogP contribution in [0, 0.1) is 5.82 Å². The summed E-state index contributed by atoms with van der Waals surface area (Å²) >= 11 is 0. The molecule has 0 saturated heterocycles. The summed E-state index contributed by atoms with van der Waals surface area (Å²) < 4.78 is 87.7. The van der Waals surface area contributed by atoms with Gasteiger partial charge in [-0.25, -0.2) is 4.39 Å². The summed E-state index contributed by atoms with van der Waals surface area (Å²) in [6.45, 7) is 0.102. The lowest BCUT2D eigenvalue weighted by molar-refractivity contribution is -0.0429. The first-order valence-electron chi connectivity index (χ1n) is 10.2. The van der Waals surface area contributed by atoms with Crippen molar-refractivity contribution in [1.29, 1.82) is 0 Å². The molecule has 0 bridgehead atoms. The zero-order valence-corrected chi connectivity index (χ0v) is 19.1. The fraction of sp³-hybridized carbons (Fsp3) is 0.120. The van der Waals surface area contributed by atoms with Crippen LogP contribution in [0.1, 0.15) is 5.56 Å². The van der Waals surface area contributed by atoms with Crippen LogP contribution < -0.4 is 14.2 Å². The molecular weight excluding hydrogens is 486 g/mol. The van der Waals surface area contributed by atoms with Gasteiger partial charge in [-0.2, -0.15) is 21.6 Å². The van der Waals surface area contributed by atoms with Crippen LogP contribution in [-0.4, -0.2) is 21.0 Å². The number of rotatable bonds is 7. The minimum absolute atomic E-state index is 0.102. The third-order valence-electron chi connectivity index (χ3n) is 5.22. The van der Waals surface area contributed by atoms with Crippen molar-refractivity contribution < 1.29 is 35.5 Å². The molecule has 4 aromatic rings. The Labute approximate surface area is 199 Å². The maximum atomic E-state index is 14.4. The first kappa shape index (κ1) is 24.3. The van der Waals surface area contributed by atoms with E-state index in [9.17, 15) is 26.0 Å². The molecule has 0 unspecified atom stereocenters. The lowest BCUT2D eigenvalue weighted by Gasteiger charge is -2.13. The number of methoxy groups -OCH3 is 1. The second-order valence-corrected chi connectivity index (χ2v) is 9.25. The predicted molar refractivity (Wildman–Crippen MR) is 125 cm³/mol. The normalized spacial score (nSPS) is 11.9. The van der Waals surface area contributed by atoms with Crippen LogP contribution >= 0.6 is 0 Å². The van der Waals surface area contributed by atoms with E-state index in [0.29, 0.717) is 39.0 Å². The SMILES string of the molecule is COc1ccc(-c2cc(COc3cccc4cc(NS(=O)(=O)C(F)(F)F)ccc34)ccc2F)cc1. The zero-order valence-electron chi connectivity index (χ0n) is 18.3. The maximum Gasteiger partial charge on any atom is 0.516 e. The average Bonchev–Trinajstić information content (AvgIpc) is 2.82. The Bertz CT molecular complexity index is 1470. The number of benzene rings is 4. The number of nitrogens with one attached hydrogen (secondary N) is 1. The van der Waals surface area contributed by atoms with Crippen LogP contribution in [0.4, 0.5) is 23.2 Å². The van der Waals surface area contributed by atoms with Gasteiger partial charge in [-0.15, -0.1) is 0 Å². The van der Waals surface area contributed by atoms with E-state index >= 15 is 0 Å². The highest BCUT2D eigenvalue weighted by Gasteiger charge is 2.46. The lowest BCUT2D eigenvalue weighted by Crippen LogP contribution is -2.29. The molecule has 0 fully saturated rings. The smallest absolute Gasteiger partial charge is 0.497 e. The number of ether oxygens (including phenoxy) is 2. The molecule has 5 nitrogen and oxygen atoms in total. The molecule has 0 aliphatic rings. The Balaban J connectivity index is 1.55. The molecule has 0 heterocycles. The van der Waals surface area contributed by atoms with Gasteiger partial charge in [0.15, 0.2) is 0 Å². The first-order chi connectivity index (χ1) is 16.6. The minimum atomic E-state index is -5.53. The third kappa shape index (κ3) is 5.32. The van der Waals surface area contributed by atoms with Crippen molar-refractivity contribution in [1.82, 2.24) is 0 Å². The molecule has 0 saturated carbocycles. The van der Waals surface area contributed by atoms with E-state index in [4.69, 9.17) is 9.47 Å². The van der Waals surface area contributed by atoms with E-state index in [-0.39, 0.29) is 12.3 Å². The number of fused-ring (bicyclic) bond motifs is 1. The van der Waals surface area contributed by atoms with Crippen molar-refractivity contribution in [3.8, 4) is 22.6 Å². The van der Waals surface area contributed by atoms with Gasteiger partial charge in [0.2, 0.25) is 0 Å². The second kappa shape index (κ2) is 9.46. The molecule has 10 heteroatoms. The van der Waals surface area contributed by atoms with E-state index in [0.717, 1.165) is 0 Å². The molecule has 0 aromatic heterocycles. The summed E-state index contributed by atoms with van der Waals surface area (Å²) in [6, 6.07) is 20.5. The van der Waals surface area contributed by atoms with Crippen molar-refractivity contribution in [3.63, 3.8) is 0 Å². The maximum absolute atomic E-state index is 14.4. The summed E-state index contributed by atoms with van der Waals surface area (Å²) in [4.78, 5) is 0. The van der Waals surface area contributed by atoms with Crippen LogP contribution in [0.2, 0.25) is 0 Å². The highest BCUT2D eigenvalue weighted by Crippen LogP contribution is 2.32. The monoisotopic (exact) mass is 505 g/mol. The van der Waals surface area contributed by atoms with Crippen molar-refractivity contribution in [2.24, 2.45) is 0 Å². The van der Waals surface area contributed by atoms with Gasteiger partial charge >= 0.3 is 15.5 Å². The standard InChI is InChI=1S/C25H19F4NO4S/c1-33-20-9-6-17(7-10-20)22-13-16(5-12-23(22)26)15-34-24-4-2-3-18-14-19(8-11-21(18)24)30-35(31,32)25(27,28)29/h2-14,30H,15H2,1H3. The topological polar surface area (TPSA) is 64.6 Å². The second-order valence-electron chi connectivity index (χ2n) is 7.57. The quantitative estimate of drug-likeness (QED) is 0.292. The van der Waals surface area contributed by atoms with Gasteiger partial charge in [0, 0.05) is 16.6 Å². The van der Waals surface area contributed by atoms with Crippen LogP contribution in [0.25, 0.3) is 21.9 Å². The molecular formula is C25H19F4NO4S. The highest BCUT2D eigenvalue weighted by molar-refractivity contribution is 7.93. The summed E-state index contributed by atoms with van der Waals surface area (Å²) in [5, 5.41) is 1.04. The molecule has 0 spiro atoms. The molecule has 1 N–H and O–H groups in total. The fourth-order valence-electron chi connectivity index (χ4n) is 3.47. The molecule has 0 aliphatic carbocycles. The van der Waals surface area contributed by atoms with Crippen LogP contribution in [0.3, 0.4) is 0 Å². The molecule has 0 radical (unpaired) electrons. The van der Waals surface area contributed by atoms with Crippen LogP contribution in [0.5, 0.6) is 11.5 Å². The molecule has 4 aromatic carbocycles. The Morgan fingerprint density at radius 2 is 1.66 bits per heavy atom. The number of sulfonamides is 1. The molecule has 0 amide bonds. The number of hydrogen-bond acceptors (Lipinski definition) is 4. The molecule has 182 valence electrons. The van der Waals surface area contributed by atoms with E-state index in [2.05, 4.69) is 0 Å². The molecule has 35 heavy (non-hydrogen) atoms. The van der Waals surface area contributed by atoms with Gasteiger partial charge in [0.25, 0.3) is 0 Å². The molecule has 0 aliphatic heterocycles. The van der Waals surface area contributed by atoms with E-state index in [1.165, 1.54) is 29.0 Å². The molecule has 0 atom stereocenters. The number of alkyl halides is 3. The summed E-state index contributed by atoms with van der Waals surface area (Å²) in [5.74, 6) is 0.694. The first-order valence-corrected chi connectivity index (χ1v) is 11.7. The van der Waals surface area contributed by atoms with E-state index in [1.807, 2.05) is 0 Å². The summed E-state index contributed by atoms with van der Waals surface area (Å²) in [5.41, 5.74) is -3.89. The van der Waals surface area contributed by atoms with Crippen LogP contribution in [-0.2, 0) is 16.6 Å². The van der Waals surface area contributed by atoms with Gasteiger partial charge in [0.05, 0.1) is 7.11 Å². The third-order valence-corrected chi connectivity index (χ3v) is 6.34. The highest BCUT2D eigenvalue weighted by atomic mass is 32.2. The number of halogens is 4. The van der Waals surface area contributed by atoms with Crippen molar-refractivity contribution in [3.05, 3.63) is 90.2 Å². The minimum Gasteiger partial charge on any atom is -0.497 e. The predicted octanol–water partition coefficient (Wildman–Crippen LogP) is 6.50. The number of hydrogen-bond donors (Lipinski definition) is 1. The molecule has 4 rings (SSSR count). The zero-order chi connectivity index (χ0) is 25.2. The van der Waals surface area contributed by atoms with Gasteiger partial charge in [-0.1, -0.05) is 30.3 Å². The Morgan fingerprint density at radius 3 is 2.34 bits per heavy atom. The summed E-state index contributed by atoms with van der Waals surface area (Å²) in [7, 11) is -3.99. The van der Waals surface area contributed by atoms with Crippen molar-refractivity contribution in [2.45, 2.75) is 12.1 Å². The van der Waals surface area contributed by atoms with E-state index in [1.54, 1.807) is 61.7 Å². The van der Waals surface area contributed by atoms with Gasteiger partial charge < -0.3 is 9.47 Å². The van der Waals surface area contributed by atoms with Gasteiger partial charge in [-0.3, -0.25) is 4.72 Å². The largest absolute Gasteiger partial charge is 0.516 e. The Kier molecular flexibility index (Phi) is 6.58. The van der Waals surface area contributed by atoms with Crippen molar-refractivity contribution >= 4 is 26.5 Å². The average molecular weight is 505 g/mol. The Morgan fingerprint density at radius 1 is 0.914 bits per heavy atom. The van der Waals surface area contributed by atoms with Gasteiger partial charge in [0.1, 0.15) is 23.9 Å². The van der Waals surface area contributed by atoms with Crippen LogP contribution in [0.15, 0.2) is 78.9 Å². The lowest BCUT2D eigenvalue weighted by atomic mass is 10.0.